The Morgan fingerprint density at radius 3 is 2.68 bits per heavy atom. The highest BCUT2D eigenvalue weighted by Gasteiger charge is 2.14. The second kappa shape index (κ2) is 6.63. The third-order valence-electron chi connectivity index (χ3n) is 3.04. The van der Waals surface area contributed by atoms with Gasteiger partial charge in [0.1, 0.15) is 10.6 Å². The molecule has 2 rings (SSSR count). The number of carboxylic acid groups (broad SMARTS) is 1. The van der Waals surface area contributed by atoms with E-state index in [1.807, 2.05) is 26.8 Å². The number of carbonyl (C=O) groups is 1. The lowest BCUT2D eigenvalue weighted by atomic mass is 10.1. The zero-order chi connectivity index (χ0) is 16.3. The van der Waals surface area contributed by atoms with E-state index in [0.717, 1.165) is 16.0 Å². The van der Waals surface area contributed by atoms with Gasteiger partial charge in [-0.3, -0.25) is 0 Å². The second-order valence-corrected chi connectivity index (χ2v) is 6.48. The maximum atomic E-state index is 11.1. The van der Waals surface area contributed by atoms with Gasteiger partial charge < -0.3 is 9.84 Å². The summed E-state index contributed by atoms with van der Waals surface area (Å²) in [4.78, 5) is 15.8. The molecule has 0 saturated heterocycles. The van der Waals surface area contributed by atoms with E-state index in [2.05, 4.69) is 4.85 Å². The normalized spacial score (nSPS) is 10.5. The average molecular weight is 315 g/mol. The highest BCUT2D eigenvalue weighted by atomic mass is 32.1. The predicted molar refractivity (Wildman–Crippen MR) is 88.0 cm³/mol. The number of hydrogen-bond acceptors (Lipinski definition) is 3. The van der Waals surface area contributed by atoms with Gasteiger partial charge in [0.15, 0.2) is 0 Å². The van der Waals surface area contributed by atoms with Crippen LogP contribution in [0, 0.1) is 19.4 Å². The number of hydrogen-bond donors (Lipinski definition) is 1. The Hall–Kier alpha value is -2.32. The van der Waals surface area contributed by atoms with Crippen molar-refractivity contribution in [2.45, 2.75) is 20.8 Å². The van der Waals surface area contributed by atoms with E-state index in [1.165, 1.54) is 11.3 Å². The Morgan fingerprint density at radius 2 is 2.14 bits per heavy atom. The molecule has 1 N–H and O–H groups in total. The van der Waals surface area contributed by atoms with Crippen LogP contribution in [0.2, 0.25) is 0 Å². The van der Waals surface area contributed by atoms with Crippen molar-refractivity contribution in [1.82, 2.24) is 0 Å². The fraction of sp³-hybridized carbons (Fsp3) is 0.294. The summed E-state index contributed by atoms with van der Waals surface area (Å²) in [6.07, 6.45) is 0. The van der Waals surface area contributed by atoms with E-state index in [4.69, 9.17) is 16.4 Å². The van der Waals surface area contributed by atoms with Gasteiger partial charge in [0, 0.05) is 4.88 Å². The van der Waals surface area contributed by atoms with Crippen LogP contribution in [-0.2, 0) is 0 Å². The Morgan fingerprint density at radius 1 is 1.41 bits per heavy atom. The summed E-state index contributed by atoms with van der Waals surface area (Å²) < 4.78 is 5.65. The molecule has 22 heavy (non-hydrogen) atoms. The third-order valence-corrected chi connectivity index (χ3v) is 4.32. The lowest BCUT2D eigenvalue weighted by Gasteiger charge is -2.11. The van der Waals surface area contributed by atoms with Crippen LogP contribution in [0.25, 0.3) is 15.3 Å². The molecule has 0 bridgehead atoms. The van der Waals surface area contributed by atoms with Crippen LogP contribution in [0.5, 0.6) is 5.75 Å². The molecule has 2 aromatic rings. The Kier molecular flexibility index (Phi) is 4.84. The summed E-state index contributed by atoms with van der Waals surface area (Å²) in [6.45, 7) is 13.8. The summed E-state index contributed by atoms with van der Waals surface area (Å²) in [5.74, 6) is 0.0256. The number of nitrogens with zero attached hydrogens (tertiary/aromatic N) is 1. The van der Waals surface area contributed by atoms with Gasteiger partial charge in [-0.05, 0) is 42.2 Å². The predicted octanol–water partition coefficient (Wildman–Crippen LogP) is 5.01. The molecule has 0 unspecified atom stereocenters. The van der Waals surface area contributed by atoms with Gasteiger partial charge in [-0.1, -0.05) is 19.9 Å². The Labute approximate surface area is 133 Å². The van der Waals surface area contributed by atoms with Gasteiger partial charge in [0.05, 0.1) is 13.2 Å². The molecule has 0 radical (unpaired) electrons. The molecule has 0 atom stereocenters. The lowest BCUT2D eigenvalue weighted by Crippen LogP contribution is -2.04. The Balaban J connectivity index is 2.37. The molecule has 0 aliphatic rings. The van der Waals surface area contributed by atoms with Crippen molar-refractivity contribution in [2.24, 2.45) is 5.92 Å². The quantitative estimate of drug-likeness (QED) is 0.789. The molecule has 1 heterocycles. The SMILES string of the molecule is [C-]#[N+]c1cc(-c2sc(C(=O)O)cc2C)ccc1OCC(C)C. The lowest BCUT2D eigenvalue weighted by molar-refractivity contribution is 0.0702. The van der Waals surface area contributed by atoms with E-state index in [0.29, 0.717) is 28.8 Å². The first-order valence-electron chi connectivity index (χ1n) is 6.90. The molecular weight excluding hydrogens is 298 g/mol. The second-order valence-electron chi connectivity index (χ2n) is 5.43. The van der Waals surface area contributed by atoms with Crippen LogP contribution in [0.15, 0.2) is 24.3 Å². The molecule has 5 heteroatoms. The number of aromatic carboxylic acids is 1. The summed E-state index contributed by atoms with van der Waals surface area (Å²) in [5.41, 5.74) is 2.19. The van der Waals surface area contributed by atoms with Crippen molar-refractivity contribution in [3.63, 3.8) is 0 Å². The molecular formula is C17H17NO3S. The largest absolute Gasteiger partial charge is 0.504 e. The van der Waals surface area contributed by atoms with Gasteiger partial charge in [-0.25, -0.2) is 9.64 Å². The number of rotatable bonds is 5. The first-order valence-corrected chi connectivity index (χ1v) is 7.72. The molecule has 0 saturated carbocycles. The number of ether oxygens (including phenoxy) is 1. The van der Waals surface area contributed by atoms with Crippen LogP contribution in [-0.4, -0.2) is 17.7 Å². The van der Waals surface area contributed by atoms with E-state index >= 15 is 0 Å². The van der Waals surface area contributed by atoms with Crippen LogP contribution < -0.4 is 4.74 Å². The van der Waals surface area contributed by atoms with Gasteiger partial charge in [0.25, 0.3) is 0 Å². The highest BCUT2D eigenvalue weighted by molar-refractivity contribution is 7.17. The van der Waals surface area contributed by atoms with E-state index < -0.39 is 5.97 Å². The highest BCUT2D eigenvalue weighted by Crippen LogP contribution is 2.38. The third kappa shape index (κ3) is 3.46. The maximum Gasteiger partial charge on any atom is 0.345 e. The van der Waals surface area contributed by atoms with Crippen LogP contribution in [0.4, 0.5) is 5.69 Å². The van der Waals surface area contributed by atoms with Crippen molar-refractivity contribution < 1.29 is 14.6 Å². The summed E-state index contributed by atoms with van der Waals surface area (Å²) in [6, 6.07) is 7.07. The first-order chi connectivity index (χ1) is 10.4. The molecule has 0 fully saturated rings. The maximum absolute atomic E-state index is 11.1. The van der Waals surface area contributed by atoms with Crippen molar-refractivity contribution in [3.8, 4) is 16.2 Å². The summed E-state index contributed by atoms with van der Waals surface area (Å²) in [7, 11) is 0. The smallest absolute Gasteiger partial charge is 0.345 e. The van der Waals surface area contributed by atoms with Crippen molar-refractivity contribution in [2.75, 3.05) is 6.61 Å². The van der Waals surface area contributed by atoms with E-state index in [-0.39, 0.29) is 0 Å². The molecule has 0 aliphatic heterocycles. The molecule has 0 spiro atoms. The monoisotopic (exact) mass is 315 g/mol. The fourth-order valence-corrected chi connectivity index (χ4v) is 3.01. The van der Waals surface area contributed by atoms with Gasteiger partial charge in [-0.15, -0.1) is 11.3 Å². The summed E-state index contributed by atoms with van der Waals surface area (Å²) >= 11 is 1.22. The standard InChI is InChI=1S/C17H17NO3S/c1-10(2)9-21-14-6-5-12(8-13(14)18-4)16-11(3)7-15(22-16)17(19)20/h5-8,10H,9H2,1-3H3,(H,19,20). The van der Waals surface area contributed by atoms with Crippen molar-refractivity contribution in [3.05, 3.63) is 46.1 Å². The van der Waals surface area contributed by atoms with Gasteiger partial charge in [-0.2, -0.15) is 0 Å². The molecule has 0 amide bonds. The van der Waals surface area contributed by atoms with Gasteiger partial charge in [0.2, 0.25) is 5.69 Å². The molecule has 114 valence electrons. The number of benzene rings is 1. The minimum Gasteiger partial charge on any atom is -0.504 e. The topological polar surface area (TPSA) is 50.9 Å². The van der Waals surface area contributed by atoms with Crippen molar-refractivity contribution >= 4 is 23.0 Å². The molecule has 1 aromatic carbocycles. The fourth-order valence-electron chi connectivity index (χ4n) is 2.00. The number of aryl methyl sites for hydroxylation is 1. The summed E-state index contributed by atoms with van der Waals surface area (Å²) in [5, 5.41) is 9.08. The number of thiophene rings is 1. The van der Waals surface area contributed by atoms with Gasteiger partial charge >= 0.3 is 5.97 Å². The van der Waals surface area contributed by atoms with Crippen LogP contribution in [0.3, 0.4) is 0 Å². The van der Waals surface area contributed by atoms with E-state index in [1.54, 1.807) is 18.2 Å². The van der Waals surface area contributed by atoms with Crippen LogP contribution >= 0.6 is 11.3 Å². The zero-order valence-electron chi connectivity index (χ0n) is 12.7. The number of carboxylic acids is 1. The first kappa shape index (κ1) is 16.1. The van der Waals surface area contributed by atoms with E-state index in [9.17, 15) is 4.79 Å². The molecule has 1 aromatic heterocycles. The minimum absolute atomic E-state index is 0.303. The van der Waals surface area contributed by atoms with Crippen LogP contribution in [0.1, 0.15) is 29.1 Å². The minimum atomic E-state index is -0.929. The molecule has 0 aliphatic carbocycles. The Bertz CT molecular complexity index is 741. The zero-order valence-corrected chi connectivity index (χ0v) is 13.5. The van der Waals surface area contributed by atoms with Crippen molar-refractivity contribution in [1.29, 1.82) is 0 Å². The molecule has 4 nitrogen and oxygen atoms in total. The average Bonchev–Trinajstić information content (AvgIpc) is 2.87.